The van der Waals surface area contributed by atoms with Gasteiger partial charge in [0.25, 0.3) is 10.0 Å². The zero-order valence-corrected chi connectivity index (χ0v) is 17.1. The molecule has 1 aliphatic heterocycles. The number of hydrogen-bond donors (Lipinski definition) is 1. The Balaban J connectivity index is 1.72. The molecule has 29 heavy (non-hydrogen) atoms. The van der Waals surface area contributed by atoms with Crippen molar-refractivity contribution < 1.29 is 12.8 Å². The van der Waals surface area contributed by atoms with Crippen LogP contribution >= 0.6 is 0 Å². The van der Waals surface area contributed by atoms with E-state index < -0.39 is 15.8 Å². The Morgan fingerprint density at radius 3 is 2.48 bits per heavy atom. The molecule has 5 nitrogen and oxygen atoms in total. The quantitative estimate of drug-likeness (QED) is 0.704. The molecular formula is C22H24FN3O2S. The minimum atomic E-state index is -3.89. The number of anilines is 2. The average Bonchev–Trinajstić information content (AvgIpc) is 2.92. The Morgan fingerprint density at radius 2 is 1.69 bits per heavy atom. The van der Waals surface area contributed by atoms with Crippen molar-refractivity contribution in [3.05, 3.63) is 66.5 Å². The van der Waals surface area contributed by atoms with Crippen LogP contribution in [0, 0.1) is 5.82 Å². The van der Waals surface area contributed by atoms with E-state index in [1.807, 2.05) is 30.3 Å². The molecule has 1 fully saturated rings. The first-order valence-electron chi connectivity index (χ1n) is 9.68. The van der Waals surface area contributed by atoms with Crippen LogP contribution in [0.1, 0.15) is 6.42 Å². The summed E-state index contributed by atoms with van der Waals surface area (Å²) in [6, 6.07) is 16.6. The number of halogens is 1. The minimum absolute atomic E-state index is 0.0961. The highest BCUT2D eigenvalue weighted by Crippen LogP contribution is 2.34. The Kier molecular flexibility index (Phi) is 5.43. The van der Waals surface area contributed by atoms with Gasteiger partial charge in [-0.05, 0) is 50.3 Å². The number of nitrogens with zero attached hydrogens (tertiary/aromatic N) is 2. The number of sulfonamides is 1. The molecule has 3 aromatic carbocycles. The third kappa shape index (κ3) is 4.21. The second-order valence-electron chi connectivity index (χ2n) is 7.38. The van der Waals surface area contributed by atoms with Gasteiger partial charge in [-0.1, -0.05) is 30.3 Å². The largest absolute Gasteiger partial charge is 0.370 e. The van der Waals surface area contributed by atoms with E-state index in [0.717, 1.165) is 55.1 Å². The highest BCUT2D eigenvalue weighted by Gasteiger charge is 2.19. The summed E-state index contributed by atoms with van der Waals surface area (Å²) in [7, 11) is -1.76. The molecule has 0 atom stereocenters. The third-order valence-electron chi connectivity index (χ3n) is 5.31. The fourth-order valence-corrected chi connectivity index (χ4v) is 4.88. The van der Waals surface area contributed by atoms with Gasteiger partial charge in [0, 0.05) is 36.1 Å². The van der Waals surface area contributed by atoms with E-state index in [2.05, 4.69) is 21.6 Å². The first-order chi connectivity index (χ1) is 13.9. The smallest absolute Gasteiger partial charge is 0.262 e. The van der Waals surface area contributed by atoms with Crippen molar-refractivity contribution in [3.8, 4) is 0 Å². The van der Waals surface area contributed by atoms with E-state index in [1.54, 1.807) is 6.07 Å². The molecule has 0 saturated carbocycles. The molecule has 0 aliphatic carbocycles. The lowest BCUT2D eigenvalue weighted by molar-refractivity contribution is 0.360. The normalized spacial score (nSPS) is 16.0. The van der Waals surface area contributed by atoms with Crippen LogP contribution in [0.15, 0.2) is 65.6 Å². The maximum atomic E-state index is 13.5. The monoisotopic (exact) mass is 413 g/mol. The summed E-state index contributed by atoms with van der Waals surface area (Å²) in [5.41, 5.74) is 1.59. The van der Waals surface area contributed by atoms with E-state index in [9.17, 15) is 12.8 Å². The number of likely N-dealkylation sites (N-methyl/N-ethyl adjacent to an activating group) is 1. The third-order valence-corrected chi connectivity index (χ3v) is 6.68. The van der Waals surface area contributed by atoms with Crippen molar-refractivity contribution in [2.45, 2.75) is 11.3 Å². The van der Waals surface area contributed by atoms with E-state index in [1.165, 1.54) is 18.2 Å². The molecule has 7 heteroatoms. The summed E-state index contributed by atoms with van der Waals surface area (Å²) in [5, 5.41) is 1.82. The first-order valence-corrected chi connectivity index (χ1v) is 11.2. The number of fused-ring (bicyclic) bond motifs is 1. The number of nitrogens with one attached hydrogen (secondary N) is 1. The van der Waals surface area contributed by atoms with E-state index >= 15 is 0 Å². The molecule has 0 aromatic heterocycles. The number of rotatable bonds is 4. The fraction of sp³-hybridized carbons (Fsp3) is 0.273. The number of hydrogen-bond acceptors (Lipinski definition) is 4. The lowest BCUT2D eigenvalue weighted by Gasteiger charge is -2.25. The van der Waals surface area contributed by atoms with Crippen molar-refractivity contribution in [2.24, 2.45) is 0 Å². The Hall–Kier alpha value is -2.64. The van der Waals surface area contributed by atoms with Crippen LogP contribution in [0.5, 0.6) is 0 Å². The van der Waals surface area contributed by atoms with E-state index in [0.29, 0.717) is 5.69 Å². The summed E-state index contributed by atoms with van der Waals surface area (Å²) >= 11 is 0. The van der Waals surface area contributed by atoms with Gasteiger partial charge in [0.05, 0.1) is 10.6 Å². The lowest BCUT2D eigenvalue weighted by Crippen LogP contribution is -2.28. The van der Waals surface area contributed by atoms with Gasteiger partial charge >= 0.3 is 0 Å². The molecule has 0 radical (unpaired) electrons. The SMILES string of the molecule is CN1CCCN(c2ccc(NS(=O)(=O)c3cccc(F)c3)c3ccccc23)CC1. The lowest BCUT2D eigenvalue weighted by atomic mass is 10.1. The molecule has 1 aliphatic rings. The van der Waals surface area contributed by atoms with Crippen LogP contribution in [-0.2, 0) is 10.0 Å². The zero-order chi connectivity index (χ0) is 20.4. The molecule has 1 saturated heterocycles. The summed E-state index contributed by atoms with van der Waals surface area (Å²) < 4.78 is 41.7. The first kappa shape index (κ1) is 19.7. The maximum absolute atomic E-state index is 13.5. The molecular weight excluding hydrogens is 389 g/mol. The Bertz CT molecular complexity index is 1130. The number of benzene rings is 3. The predicted octanol–water partition coefficient (Wildman–Crippen LogP) is 3.92. The van der Waals surface area contributed by atoms with Gasteiger partial charge in [0.15, 0.2) is 0 Å². The summed E-state index contributed by atoms with van der Waals surface area (Å²) in [5.74, 6) is -0.584. The topological polar surface area (TPSA) is 52.6 Å². The van der Waals surface area contributed by atoms with E-state index in [-0.39, 0.29) is 4.90 Å². The van der Waals surface area contributed by atoms with Gasteiger partial charge in [0.2, 0.25) is 0 Å². The van der Waals surface area contributed by atoms with Gasteiger partial charge in [-0.2, -0.15) is 0 Å². The molecule has 0 amide bonds. The van der Waals surface area contributed by atoms with Gasteiger partial charge in [0.1, 0.15) is 5.82 Å². The standard InChI is InChI=1S/C22H24FN3O2S/c1-25-12-5-13-26(15-14-25)22-11-10-21(19-8-2-3-9-20(19)22)24-29(27,28)18-7-4-6-17(23)16-18/h2-4,6-11,16,24H,5,12-15H2,1H3. The second-order valence-corrected chi connectivity index (χ2v) is 9.07. The zero-order valence-electron chi connectivity index (χ0n) is 16.3. The van der Waals surface area contributed by atoms with Gasteiger partial charge in [-0.3, -0.25) is 4.72 Å². The molecule has 1 N–H and O–H groups in total. The van der Waals surface area contributed by atoms with Crippen LogP contribution in [0.4, 0.5) is 15.8 Å². The van der Waals surface area contributed by atoms with Crippen molar-refractivity contribution in [1.82, 2.24) is 4.90 Å². The maximum Gasteiger partial charge on any atom is 0.262 e. The summed E-state index contributed by atoms with van der Waals surface area (Å²) in [4.78, 5) is 4.58. The van der Waals surface area contributed by atoms with Crippen LogP contribution in [0.2, 0.25) is 0 Å². The van der Waals surface area contributed by atoms with Gasteiger partial charge < -0.3 is 9.80 Å². The van der Waals surface area contributed by atoms with Gasteiger partial charge in [-0.25, -0.2) is 12.8 Å². The van der Waals surface area contributed by atoms with Crippen molar-refractivity contribution >= 4 is 32.2 Å². The summed E-state index contributed by atoms with van der Waals surface area (Å²) in [6.45, 7) is 3.94. The minimum Gasteiger partial charge on any atom is -0.370 e. The molecule has 0 spiro atoms. The average molecular weight is 414 g/mol. The Labute approximate surface area is 170 Å². The Morgan fingerprint density at radius 1 is 0.897 bits per heavy atom. The molecule has 3 aromatic rings. The van der Waals surface area contributed by atoms with Crippen LogP contribution in [0.25, 0.3) is 10.8 Å². The molecule has 152 valence electrons. The van der Waals surface area contributed by atoms with Crippen molar-refractivity contribution in [1.29, 1.82) is 0 Å². The van der Waals surface area contributed by atoms with Crippen LogP contribution in [0.3, 0.4) is 0 Å². The highest BCUT2D eigenvalue weighted by atomic mass is 32.2. The van der Waals surface area contributed by atoms with Crippen LogP contribution in [-0.4, -0.2) is 46.5 Å². The highest BCUT2D eigenvalue weighted by molar-refractivity contribution is 7.92. The second kappa shape index (κ2) is 8.00. The van der Waals surface area contributed by atoms with Crippen molar-refractivity contribution in [2.75, 3.05) is 42.8 Å². The molecule has 0 unspecified atom stereocenters. The summed E-state index contributed by atoms with van der Waals surface area (Å²) in [6.07, 6.45) is 1.08. The molecule has 4 rings (SSSR count). The molecule has 0 bridgehead atoms. The predicted molar refractivity (Wildman–Crippen MR) is 115 cm³/mol. The van der Waals surface area contributed by atoms with Gasteiger partial charge in [-0.15, -0.1) is 0 Å². The van der Waals surface area contributed by atoms with Crippen LogP contribution < -0.4 is 9.62 Å². The molecule has 1 heterocycles. The van der Waals surface area contributed by atoms with Crippen molar-refractivity contribution in [3.63, 3.8) is 0 Å². The van der Waals surface area contributed by atoms with E-state index in [4.69, 9.17) is 0 Å². The fourth-order valence-electron chi connectivity index (χ4n) is 3.77.